The maximum atomic E-state index is 5.67. The van der Waals surface area contributed by atoms with Crippen molar-refractivity contribution in [1.82, 2.24) is 0 Å². The number of nitrogens with two attached hydrogens (primary N) is 1. The lowest BCUT2D eigenvalue weighted by atomic mass is 10.3. The van der Waals surface area contributed by atoms with Crippen LogP contribution in [0.2, 0.25) is 0 Å². The van der Waals surface area contributed by atoms with E-state index < -0.39 is 0 Å². The minimum absolute atomic E-state index is 0.717. The van der Waals surface area contributed by atoms with Gasteiger partial charge in [0.1, 0.15) is 11.5 Å². The molecule has 96 valence electrons. The summed E-state index contributed by atoms with van der Waals surface area (Å²) in [6, 6.07) is 11.4. The van der Waals surface area contributed by atoms with Crippen molar-refractivity contribution in [3.63, 3.8) is 0 Å². The highest BCUT2D eigenvalue weighted by atomic mass is 32.2. The maximum absolute atomic E-state index is 5.67. The second-order valence-electron chi connectivity index (χ2n) is 3.91. The van der Waals surface area contributed by atoms with Gasteiger partial charge in [-0.25, -0.2) is 0 Å². The summed E-state index contributed by atoms with van der Waals surface area (Å²) in [6.07, 6.45) is 2.72. The molecule has 3 nitrogen and oxygen atoms in total. The lowest BCUT2D eigenvalue weighted by Gasteiger charge is -2.06. The molecule has 0 atom stereocenters. The van der Waals surface area contributed by atoms with Crippen molar-refractivity contribution in [2.24, 2.45) is 0 Å². The molecule has 0 aliphatic carbocycles. The molecule has 0 aliphatic rings. The fourth-order valence-electron chi connectivity index (χ4n) is 1.52. The van der Waals surface area contributed by atoms with Crippen molar-refractivity contribution in [3.8, 4) is 5.75 Å². The van der Waals surface area contributed by atoms with E-state index in [9.17, 15) is 0 Å². The van der Waals surface area contributed by atoms with Crippen molar-refractivity contribution in [2.75, 3.05) is 18.1 Å². The van der Waals surface area contributed by atoms with Crippen molar-refractivity contribution in [3.05, 3.63) is 48.4 Å². The zero-order valence-corrected chi connectivity index (χ0v) is 11.0. The summed E-state index contributed by atoms with van der Waals surface area (Å²) in [4.78, 5) is 0. The lowest BCUT2D eigenvalue weighted by molar-refractivity contribution is 0.319. The Labute approximate surface area is 111 Å². The molecule has 18 heavy (non-hydrogen) atoms. The van der Waals surface area contributed by atoms with E-state index in [-0.39, 0.29) is 0 Å². The Hall–Kier alpha value is -1.55. The van der Waals surface area contributed by atoms with Gasteiger partial charge in [-0.3, -0.25) is 0 Å². The van der Waals surface area contributed by atoms with E-state index in [1.165, 1.54) is 0 Å². The van der Waals surface area contributed by atoms with Crippen molar-refractivity contribution in [2.45, 2.75) is 12.2 Å². The largest absolute Gasteiger partial charge is 0.493 e. The first-order chi connectivity index (χ1) is 8.84. The smallest absolute Gasteiger partial charge is 0.121 e. The highest BCUT2D eigenvalue weighted by Crippen LogP contribution is 2.16. The molecule has 1 aromatic heterocycles. The first-order valence-corrected chi connectivity index (χ1v) is 7.08. The zero-order valence-electron chi connectivity index (χ0n) is 10.2. The number of rotatable bonds is 7. The van der Waals surface area contributed by atoms with Crippen LogP contribution in [0.15, 0.2) is 47.1 Å². The Morgan fingerprint density at radius 2 is 2.17 bits per heavy atom. The number of hydrogen-bond donors (Lipinski definition) is 1. The molecule has 2 aromatic rings. The zero-order chi connectivity index (χ0) is 12.6. The van der Waals surface area contributed by atoms with Gasteiger partial charge in [0.05, 0.1) is 18.6 Å². The predicted molar refractivity (Wildman–Crippen MR) is 75.8 cm³/mol. The topological polar surface area (TPSA) is 48.4 Å². The first kappa shape index (κ1) is 12.9. The molecule has 0 radical (unpaired) electrons. The molecule has 0 bridgehead atoms. The van der Waals surface area contributed by atoms with Crippen LogP contribution in [-0.4, -0.2) is 12.4 Å². The summed E-state index contributed by atoms with van der Waals surface area (Å²) in [5, 5.41) is 0. The molecule has 0 unspecified atom stereocenters. The Kier molecular flexibility index (Phi) is 5.02. The Bertz CT molecular complexity index is 457. The molecular formula is C14H17NO2S. The van der Waals surface area contributed by atoms with Gasteiger partial charge in [0.15, 0.2) is 0 Å². The Morgan fingerprint density at radius 3 is 2.94 bits per heavy atom. The van der Waals surface area contributed by atoms with Crippen LogP contribution >= 0.6 is 11.8 Å². The summed E-state index contributed by atoms with van der Waals surface area (Å²) >= 11 is 1.85. The van der Waals surface area contributed by atoms with Gasteiger partial charge in [0.25, 0.3) is 0 Å². The van der Waals surface area contributed by atoms with Gasteiger partial charge in [-0.15, -0.1) is 0 Å². The van der Waals surface area contributed by atoms with Gasteiger partial charge in [-0.1, -0.05) is 6.07 Å². The molecule has 0 saturated carbocycles. The molecule has 0 saturated heterocycles. The number of ether oxygens (including phenoxy) is 1. The van der Waals surface area contributed by atoms with E-state index in [0.29, 0.717) is 6.61 Å². The fourth-order valence-corrected chi connectivity index (χ4v) is 2.35. The van der Waals surface area contributed by atoms with Crippen molar-refractivity contribution in [1.29, 1.82) is 0 Å². The lowest BCUT2D eigenvalue weighted by Crippen LogP contribution is -1.99. The van der Waals surface area contributed by atoms with E-state index >= 15 is 0 Å². The number of hydrogen-bond acceptors (Lipinski definition) is 4. The minimum Gasteiger partial charge on any atom is -0.493 e. The van der Waals surface area contributed by atoms with Crippen LogP contribution in [0.25, 0.3) is 0 Å². The third-order valence-electron chi connectivity index (χ3n) is 2.38. The molecule has 1 aromatic carbocycles. The summed E-state index contributed by atoms with van der Waals surface area (Å²) in [5.41, 5.74) is 6.41. The third kappa shape index (κ3) is 4.37. The second-order valence-corrected chi connectivity index (χ2v) is 5.01. The van der Waals surface area contributed by atoms with Crippen LogP contribution < -0.4 is 10.5 Å². The highest BCUT2D eigenvalue weighted by molar-refractivity contribution is 7.98. The van der Waals surface area contributed by atoms with Crippen molar-refractivity contribution < 1.29 is 9.15 Å². The maximum Gasteiger partial charge on any atom is 0.121 e. The molecule has 4 heteroatoms. The molecule has 1 heterocycles. The molecule has 0 fully saturated rings. The Morgan fingerprint density at radius 1 is 1.22 bits per heavy atom. The predicted octanol–water partition coefficient (Wildman–Crippen LogP) is 3.56. The van der Waals surface area contributed by atoms with Crippen LogP contribution in [0.3, 0.4) is 0 Å². The summed E-state index contributed by atoms with van der Waals surface area (Å²) in [5.74, 6) is 3.84. The van der Waals surface area contributed by atoms with Gasteiger partial charge in [0, 0.05) is 11.8 Å². The van der Waals surface area contributed by atoms with E-state index in [1.54, 1.807) is 6.26 Å². The van der Waals surface area contributed by atoms with Crippen LogP contribution in [0, 0.1) is 0 Å². The molecule has 0 aliphatic heterocycles. The van der Waals surface area contributed by atoms with Crippen LogP contribution in [-0.2, 0) is 5.75 Å². The molecule has 2 N–H and O–H groups in total. The normalized spacial score (nSPS) is 10.4. The molecule has 2 rings (SSSR count). The van der Waals surface area contributed by atoms with Gasteiger partial charge in [0.2, 0.25) is 0 Å². The number of benzene rings is 1. The number of nitrogen functional groups attached to an aromatic ring is 1. The Balaban J connectivity index is 1.56. The van der Waals surface area contributed by atoms with E-state index in [0.717, 1.165) is 35.1 Å². The highest BCUT2D eigenvalue weighted by Gasteiger charge is 1.97. The van der Waals surface area contributed by atoms with E-state index in [1.807, 2.05) is 48.2 Å². The van der Waals surface area contributed by atoms with E-state index in [4.69, 9.17) is 14.9 Å². The fraction of sp³-hybridized carbons (Fsp3) is 0.286. The van der Waals surface area contributed by atoms with Gasteiger partial charge in [-0.05, 0) is 36.4 Å². The number of furan rings is 1. The summed E-state index contributed by atoms with van der Waals surface area (Å²) in [6.45, 7) is 0.717. The molecule has 0 amide bonds. The summed E-state index contributed by atoms with van der Waals surface area (Å²) in [7, 11) is 0. The van der Waals surface area contributed by atoms with Crippen LogP contribution in [0.5, 0.6) is 5.75 Å². The van der Waals surface area contributed by atoms with E-state index in [2.05, 4.69) is 0 Å². The average Bonchev–Trinajstić information content (AvgIpc) is 2.87. The van der Waals surface area contributed by atoms with Gasteiger partial charge < -0.3 is 14.9 Å². The first-order valence-electron chi connectivity index (χ1n) is 5.93. The third-order valence-corrected chi connectivity index (χ3v) is 3.45. The second kappa shape index (κ2) is 7.01. The summed E-state index contributed by atoms with van der Waals surface area (Å²) < 4.78 is 10.9. The van der Waals surface area contributed by atoms with Crippen LogP contribution in [0.4, 0.5) is 5.69 Å². The number of thioether (sulfide) groups is 1. The minimum atomic E-state index is 0.717. The molecule has 0 spiro atoms. The SMILES string of the molecule is Nc1cccc(OCCCSCc2ccco2)c1. The quantitative estimate of drug-likeness (QED) is 0.613. The standard InChI is InChI=1S/C14H17NO2S/c15-12-4-1-5-13(10-12)16-8-3-9-18-11-14-6-2-7-17-14/h1-2,4-7,10H,3,8-9,11,15H2. The van der Waals surface area contributed by atoms with Crippen molar-refractivity contribution >= 4 is 17.4 Å². The van der Waals surface area contributed by atoms with Gasteiger partial charge in [-0.2, -0.15) is 11.8 Å². The monoisotopic (exact) mass is 263 g/mol. The van der Waals surface area contributed by atoms with Gasteiger partial charge >= 0.3 is 0 Å². The average molecular weight is 263 g/mol. The molecular weight excluding hydrogens is 246 g/mol. The number of anilines is 1. The van der Waals surface area contributed by atoms with Crippen LogP contribution in [0.1, 0.15) is 12.2 Å².